The molecule has 144 valence electrons. The lowest BCUT2D eigenvalue weighted by Gasteiger charge is -2.37. The molecule has 2 amide bonds. The summed E-state index contributed by atoms with van der Waals surface area (Å²) >= 11 is 0. The third kappa shape index (κ3) is 6.15. The average molecular weight is 354 g/mol. The summed E-state index contributed by atoms with van der Waals surface area (Å²) in [5.41, 5.74) is 4.80. The third-order valence-corrected chi connectivity index (χ3v) is 4.97. The van der Waals surface area contributed by atoms with Gasteiger partial charge in [0.15, 0.2) is 0 Å². The molecule has 0 aromatic rings. The van der Waals surface area contributed by atoms with E-state index in [-0.39, 0.29) is 24.1 Å². The zero-order chi connectivity index (χ0) is 18.6. The Balaban J connectivity index is 1.82. The number of amides is 2. The van der Waals surface area contributed by atoms with Crippen molar-refractivity contribution in [2.75, 3.05) is 26.2 Å². The van der Waals surface area contributed by atoms with Gasteiger partial charge in [0.2, 0.25) is 5.91 Å². The first-order chi connectivity index (χ1) is 11.7. The van der Waals surface area contributed by atoms with E-state index in [1.807, 2.05) is 25.7 Å². The van der Waals surface area contributed by atoms with Gasteiger partial charge >= 0.3 is 6.09 Å². The number of nitrogens with one attached hydrogen (secondary N) is 1. The molecular weight excluding hydrogens is 320 g/mol. The van der Waals surface area contributed by atoms with E-state index >= 15 is 0 Å². The topological polar surface area (TPSA) is 87.9 Å². The second-order valence-electron chi connectivity index (χ2n) is 8.36. The Hall–Kier alpha value is -1.34. The van der Waals surface area contributed by atoms with Gasteiger partial charge < -0.3 is 20.7 Å². The molecule has 0 aromatic heterocycles. The second-order valence-corrected chi connectivity index (χ2v) is 8.36. The molecule has 3 N–H and O–H groups in total. The summed E-state index contributed by atoms with van der Waals surface area (Å²) in [4.78, 5) is 27.4. The molecule has 2 atom stereocenters. The summed E-state index contributed by atoms with van der Waals surface area (Å²) in [6, 6.07) is 0.821. The smallest absolute Gasteiger partial charge is 0.410 e. The Labute approximate surface area is 151 Å². The van der Waals surface area contributed by atoms with Gasteiger partial charge in [-0.1, -0.05) is 0 Å². The molecule has 2 aliphatic rings. The highest BCUT2D eigenvalue weighted by atomic mass is 16.6. The van der Waals surface area contributed by atoms with Crippen LogP contribution in [-0.4, -0.2) is 71.7 Å². The van der Waals surface area contributed by atoms with Crippen LogP contribution in [0.2, 0.25) is 0 Å². The quantitative estimate of drug-likeness (QED) is 0.777. The number of hydrogen-bond donors (Lipinski definition) is 2. The monoisotopic (exact) mass is 354 g/mol. The largest absolute Gasteiger partial charge is 0.444 e. The van der Waals surface area contributed by atoms with Gasteiger partial charge in [-0.05, 0) is 53.4 Å². The molecule has 25 heavy (non-hydrogen) atoms. The zero-order valence-electron chi connectivity index (χ0n) is 16.1. The van der Waals surface area contributed by atoms with Crippen molar-refractivity contribution in [1.29, 1.82) is 0 Å². The Morgan fingerprint density at radius 3 is 2.40 bits per heavy atom. The molecule has 2 saturated heterocycles. The maximum atomic E-state index is 12.4. The minimum Gasteiger partial charge on any atom is -0.444 e. The maximum Gasteiger partial charge on any atom is 0.410 e. The highest BCUT2D eigenvalue weighted by Crippen LogP contribution is 2.24. The van der Waals surface area contributed by atoms with Crippen molar-refractivity contribution < 1.29 is 14.3 Å². The van der Waals surface area contributed by atoms with Crippen LogP contribution in [0.5, 0.6) is 0 Å². The van der Waals surface area contributed by atoms with E-state index in [1.54, 1.807) is 0 Å². The van der Waals surface area contributed by atoms with Gasteiger partial charge in [-0.3, -0.25) is 9.69 Å². The number of primary amides is 1. The summed E-state index contributed by atoms with van der Waals surface area (Å²) in [5, 5.41) is 3.69. The molecular formula is C18H34N4O3. The molecule has 0 spiro atoms. The molecule has 0 aromatic carbocycles. The lowest BCUT2D eigenvalue weighted by atomic mass is 10.0. The molecule has 2 heterocycles. The van der Waals surface area contributed by atoms with E-state index in [9.17, 15) is 9.59 Å². The number of ether oxygens (including phenoxy) is 1. The van der Waals surface area contributed by atoms with Crippen molar-refractivity contribution in [2.45, 2.75) is 77.1 Å². The first-order valence-corrected chi connectivity index (χ1v) is 9.42. The highest BCUT2D eigenvalue weighted by Gasteiger charge is 2.36. The lowest BCUT2D eigenvalue weighted by Crippen LogP contribution is -2.53. The first kappa shape index (κ1) is 20.0. The predicted octanol–water partition coefficient (Wildman–Crippen LogP) is 1.31. The molecule has 0 aliphatic carbocycles. The van der Waals surface area contributed by atoms with Crippen LogP contribution in [-0.2, 0) is 9.53 Å². The van der Waals surface area contributed by atoms with Crippen LogP contribution in [0, 0.1) is 0 Å². The van der Waals surface area contributed by atoms with Crippen LogP contribution in [0.3, 0.4) is 0 Å². The standard InChI is InChI=1S/C18H34N4O3/c1-13(20-14-7-10-21(11-8-14)12-16(19)23)15-6-5-9-22(15)17(24)25-18(2,3)4/h13-15,20H,5-12H2,1-4H3,(H2,19,23)/t13-,15-/m1/s1. The maximum absolute atomic E-state index is 12.4. The van der Waals surface area contributed by atoms with Gasteiger partial charge in [0.1, 0.15) is 5.60 Å². The van der Waals surface area contributed by atoms with Crippen molar-refractivity contribution in [1.82, 2.24) is 15.1 Å². The van der Waals surface area contributed by atoms with Crippen LogP contribution in [0.1, 0.15) is 53.4 Å². The molecule has 7 nitrogen and oxygen atoms in total. The van der Waals surface area contributed by atoms with Crippen molar-refractivity contribution >= 4 is 12.0 Å². The Kier molecular flexibility index (Phi) is 6.68. The van der Waals surface area contributed by atoms with Gasteiger partial charge in [0, 0.05) is 31.7 Å². The van der Waals surface area contributed by atoms with Gasteiger partial charge in [-0.2, -0.15) is 0 Å². The summed E-state index contributed by atoms with van der Waals surface area (Å²) in [6.45, 7) is 10.7. The van der Waals surface area contributed by atoms with Crippen LogP contribution < -0.4 is 11.1 Å². The molecule has 0 radical (unpaired) electrons. The fourth-order valence-electron chi connectivity index (χ4n) is 3.82. The minimum atomic E-state index is -0.464. The highest BCUT2D eigenvalue weighted by molar-refractivity contribution is 5.75. The van der Waals surface area contributed by atoms with E-state index in [4.69, 9.17) is 10.5 Å². The van der Waals surface area contributed by atoms with Crippen molar-refractivity contribution in [2.24, 2.45) is 5.73 Å². The van der Waals surface area contributed by atoms with Gasteiger partial charge in [-0.25, -0.2) is 4.79 Å². The SMILES string of the molecule is C[C@@H](NC1CCN(CC(N)=O)CC1)[C@H]1CCCN1C(=O)OC(C)(C)C. The number of likely N-dealkylation sites (tertiary alicyclic amines) is 2. The molecule has 2 aliphatic heterocycles. The lowest BCUT2D eigenvalue weighted by molar-refractivity contribution is -0.119. The Morgan fingerprint density at radius 2 is 1.84 bits per heavy atom. The average Bonchev–Trinajstić information content (AvgIpc) is 2.96. The summed E-state index contributed by atoms with van der Waals surface area (Å²) in [6.07, 6.45) is 3.81. The third-order valence-electron chi connectivity index (χ3n) is 4.97. The van der Waals surface area contributed by atoms with Crippen LogP contribution in [0.4, 0.5) is 4.79 Å². The Bertz CT molecular complexity index is 469. The van der Waals surface area contributed by atoms with Crippen LogP contribution in [0.15, 0.2) is 0 Å². The van der Waals surface area contributed by atoms with Crippen molar-refractivity contribution in [3.63, 3.8) is 0 Å². The summed E-state index contributed by atoms with van der Waals surface area (Å²) in [7, 11) is 0. The van der Waals surface area contributed by atoms with Gasteiger partial charge in [0.05, 0.1) is 12.6 Å². The molecule has 2 fully saturated rings. The number of carbonyl (C=O) groups is 2. The molecule has 2 rings (SSSR count). The fourth-order valence-corrected chi connectivity index (χ4v) is 3.82. The minimum absolute atomic E-state index is 0.179. The number of piperidine rings is 1. The summed E-state index contributed by atoms with van der Waals surface area (Å²) in [5.74, 6) is -0.265. The summed E-state index contributed by atoms with van der Waals surface area (Å²) < 4.78 is 5.55. The van der Waals surface area contributed by atoms with Gasteiger partial charge in [0.25, 0.3) is 0 Å². The predicted molar refractivity (Wildman–Crippen MR) is 97.2 cm³/mol. The molecule has 0 saturated carbocycles. The molecule has 7 heteroatoms. The van der Waals surface area contributed by atoms with Gasteiger partial charge in [-0.15, -0.1) is 0 Å². The molecule has 0 unspecified atom stereocenters. The van der Waals surface area contributed by atoms with E-state index in [1.165, 1.54) is 0 Å². The zero-order valence-corrected chi connectivity index (χ0v) is 16.1. The number of carbonyl (C=O) groups excluding carboxylic acids is 2. The molecule has 0 bridgehead atoms. The van der Waals surface area contributed by atoms with E-state index < -0.39 is 5.60 Å². The van der Waals surface area contributed by atoms with Crippen LogP contribution >= 0.6 is 0 Å². The second kappa shape index (κ2) is 8.36. The number of nitrogens with two attached hydrogens (primary N) is 1. The Morgan fingerprint density at radius 1 is 1.20 bits per heavy atom. The van der Waals surface area contributed by atoms with E-state index in [0.29, 0.717) is 12.6 Å². The number of rotatable bonds is 5. The van der Waals surface area contributed by atoms with E-state index in [0.717, 1.165) is 45.3 Å². The van der Waals surface area contributed by atoms with Crippen LogP contribution in [0.25, 0.3) is 0 Å². The fraction of sp³-hybridized carbons (Fsp3) is 0.889. The van der Waals surface area contributed by atoms with Crippen molar-refractivity contribution in [3.05, 3.63) is 0 Å². The first-order valence-electron chi connectivity index (χ1n) is 9.42. The number of hydrogen-bond acceptors (Lipinski definition) is 5. The number of nitrogens with zero attached hydrogens (tertiary/aromatic N) is 2. The van der Waals surface area contributed by atoms with Crippen molar-refractivity contribution in [3.8, 4) is 0 Å². The normalized spacial score (nSPS) is 24.3. The van der Waals surface area contributed by atoms with E-state index in [2.05, 4.69) is 17.1 Å².